The fourth-order valence-corrected chi connectivity index (χ4v) is 2.58. The van der Waals surface area contributed by atoms with Crippen LogP contribution in [0.1, 0.15) is 18.1 Å². The monoisotopic (exact) mass is 267 g/mol. The summed E-state index contributed by atoms with van der Waals surface area (Å²) in [6.07, 6.45) is 0. The molecule has 4 nitrogen and oxygen atoms in total. The van der Waals surface area contributed by atoms with Crippen molar-refractivity contribution in [2.24, 2.45) is 0 Å². The molecule has 0 aliphatic carbocycles. The Hall–Kier alpha value is -1.49. The molecule has 98 valence electrons. The Labute approximate surface area is 111 Å². The normalized spacial score (nSPS) is 11.9. The average molecular weight is 267 g/mol. The molecule has 0 saturated heterocycles. The van der Waals surface area contributed by atoms with Crippen LogP contribution in [0.25, 0.3) is 0 Å². The van der Waals surface area contributed by atoms with E-state index in [0.29, 0.717) is 5.75 Å². The van der Waals surface area contributed by atoms with Crippen molar-refractivity contribution in [3.8, 4) is 0 Å². The number of thioether (sulfide) groups is 1. The van der Waals surface area contributed by atoms with Crippen molar-refractivity contribution in [2.75, 3.05) is 5.75 Å². The highest BCUT2D eigenvalue weighted by atomic mass is 32.2. The van der Waals surface area contributed by atoms with Gasteiger partial charge >= 0.3 is 5.97 Å². The van der Waals surface area contributed by atoms with Crippen LogP contribution < -0.4 is 5.32 Å². The molecular formula is C13H17NO3S. The number of carbonyl (C=O) groups excluding carboxylic acids is 1. The van der Waals surface area contributed by atoms with Crippen LogP contribution in [0.4, 0.5) is 0 Å². The van der Waals surface area contributed by atoms with Gasteiger partial charge in [-0.05, 0) is 25.5 Å². The minimum absolute atomic E-state index is 0.318. The zero-order valence-corrected chi connectivity index (χ0v) is 11.5. The van der Waals surface area contributed by atoms with Gasteiger partial charge < -0.3 is 10.4 Å². The van der Waals surface area contributed by atoms with E-state index in [1.165, 1.54) is 24.2 Å². The molecule has 1 aromatic rings. The molecule has 0 heterocycles. The van der Waals surface area contributed by atoms with Crippen molar-refractivity contribution < 1.29 is 14.7 Å². The van der Waals surface area contributed by atoms with Crippen LogP contribution in [0.2, 0.25) is 0 Å². The molecule has 1 aromatic carbocycles. The lowest BCUT2D eigenvalue weighted by Gasteiger charge is -2.13. The predicted octanol–water partition coefficient (Wildman–Crippen LogP) is 1.98. The second-order valence-corrected chi connectivity index (χ2v) is 5.23. The topological polar surface area (TPSA) is 66.4 Å². The molecule has 0 aliphatic heterocycles. The number of carbonyl (C=O) groups is 2. The van der Waals surface area contributed by atoms with Gasteiger partial charge in [0.25, 0.3) is 0 Å². The van der Waals surface area contributed by atoms with E-state index in [1.54, 1.807) is 0 Å². The van der Waals surface area contributed by atoms with E-state index in [2.05, 4.69) is 11.4 Å². The minimum atomic E-state index is -1.01. The van der Waals surface area contributed by atoms with E-state index in [4.69, 9.17) is 5.11 Å². The van der Waals surface area contributed by atoms with Crippen LogP contribution >= 0.6 is 11.8 Å². The molecule has 0 fully saturated rings. The van der Waals surface area contributed by atoms with Gasteiger partial charge in [0.05, 0.1) is 0 Å². The molecule has 5 heteroatoms. The first-order valence-corrected chi connectivity index (χ1v) is 6.58. The van der Waals surface area contributed by atoms with Crippen molar-refractivity contribution in [3.05, 3.63) is 29.3 Å². The Morgan fingerprint density at radius 3 is 2.56 bits per heavy atom. The lowest BCUT2D eigenvalue weighted by Crippen LogP contribution is -2.41. The number of hydrogen-bond donors (Lipinski definition) is 2. The zero-order chi connectivity index (χ0) is 13.7. The maximum Gasteiger partial charge on any atom is 0.327 e. The average Bonchev–Trinajstić information content (AvgIpc) is 2.25. The van der Waals surface area contributed by atoms with Crippen molar-refractivity contribution in [1.82, 2.24) is 5.32 Å². The third-order valence-electron chi connectivity index (χ3n) is 2.41. The molecular weight excluding hydrogens is 250 g/mol. The summed E-state index contributed by atoms with van der Waals surface area (Å²) in [7, 11) is 0. The zero-order valence-electron chi connectivity index (χ0n) is 10.7. The molecule has 0 bridgehead atoms. The lowest BCUT2D eigenvalue weighted by atomic mass is 10.2. The standard InChI is InChI=1S/C13H17NO3S/c1-8-4-5-12(9(2)6-8)18-7-11(13(16)17)14-10(3)15/h4-6,11H,7H2,1-3H3,(H,14,15)(H,16,17). The summed E-state index contributed by atoms with van der Waals surface area (Å²) in [6.45, 7) is 5.32. The lowest BCUT2D eigenvalue weighted by molar-refractivity contribution is -0.140. The van der Waals surface area contributed by atoms with Crippen molar-refractivity contribution in [2.45, 2.75) is 31.7 Å². The molecule has 1 atom stereocenters. The first kappa shape index (κ1) is 14.6. The summed E-state index contributed by atoms with van der Waals surface area (Å²) in [4.78, 5) is 22.9. The number of hydrogen-bond acceptors (Lipinski definition) is 3. The molecule has 0 saturated carbocycles. The van der Waals surface area contributed by atoms with Gasteiger partial charge in [-0.2, -0.15) is 0 Å². The van der Waals surface area contributed by atoms with E-state index >= 15 is 0 Å². The molecule has 18 heavy (non-hydrogen) atoms. The third kappa shape index (κ3) is 4.41. The first-order chi connectivity index (χ1) is 8.40. The Bertz CT molecular complexity index is 460. The Morgan fingerprint density at radius 1 is 1.39 bits per heavy atom. The second-order valence-electron chi connectivity index (χ2n) is 4.17. The number of aliphatic carboxylic acids is 1. The summed E-state index contributed by atoms with van der Waals surface area (Å²) < 4.78 is 0. The summed E-state index contributed by atoms with van der Waals surface area (Å²) in [5.41, 5.74) is 2.29. The summed E-state index contributed by atoms with van der Waals surface area (Å²) in [5, 5.41) is 11.4. The second kappa shape index (κ2) is 6.44. The molecule has 0 radical (unpaired) electrons. The van der Waals surface area contributed by atoms with Gasteiger partial charge in [0.2, 0.25) is 5.91 Å². The Kier molecular flexibility index (Phi) is 5.22. The van der Waals surface area contributed by atoms with E-state index < -0.39 is 12.0 Å². The fourth-order valence-electron chi connectivity index (χ4n) is 1.55. The number of aryl methyl sites for hydroxylation is 2. The maximum atomic E-state index is 11.0. The van der Waals surface area contributed by atoms with Gasteiger partial charge in [-0.3, -0.25) is 4.79 Å². The number of nitrogens with one attached hydrogen (secondary N) is 1. The van der Waals surface area contributed by atoms with E-state index in [1.807, 2.05) is 26.0 Å². The molecule has 2 N–H and O–H groups in total. The SMILES string of the molecule is CC(=O)NC(CSc1ccc(C)cc1C)C(=O)O. The molecule has 0 spiro atoms. The molecule has 0 aliphatic rings. The largest absolute Gasteiger partial charge is 0.480 e. The van der Waals surface area contributed by atoms with E-state index in [9.17, 15) is 9.59 Å². The van der Waals surface area contributed by atoms with E-state index in [-0.39, 0.29) is 5.91 Å². The van der Waals surface area contributed by atoms with Gasteiger partial charge in [-0.1, -0.05) is 17.7 Å². The third-order valence-corrected chi connectivity index (χ3v) is 3.68. The van der Waals surface area contributed by atoms with Gasteiger partial charge in [-0.25, -0.2) is 4.79 Å². The Balaban J connectivity index is 2.66. The molecule has 0 aromatic heterocycles. The highest BCUT2D eigenvalue weighted by Gasteiger charge is 2.18. The van der Waals surface area contributed by atoms with Crippen molar-refractivity contribution in [3.63, 3.8) is 0 Å². The minimum Gasteiger partial charge on any atom is -0.480 e. The summed E-state index contributed by atoms with van der Waals surface area (Å²) in [5.74, 6) is -1.02. The molecule has 1 rings (SSSR count). The maximum absolute atomic E-state index is 11.0. The first-order valence-electron chi connectivity index (χ1n) is 5.60. The summed E-state index contributed by atoms with van der Waals surface area (Å²) >= 11 is 1.44. The van der Waals surface area contributed by atoms with E-state index in [0.717, 1.165) is 10.5 Å². The van der Waals surface area contributed by atoms with Crippen molar-refractivity contribution >= 4 is 23.6 Å². The van der Waals surface area contributed by atoms with Gasteiger partial charge in [0.15, 0.2) is 0 Å². The van der Waals surface area contributed by atoms with Gasteiger partial charge in [-0.15, -0.1) is 11.8 Å². The molecule has 1 unspecified atom stereocenters. The van der Waals surface area contributed by atoms with Crippen LogP contribution in [0.3, 0.4) is 0 Å². The number of amides is 1. The number of benzene rings is 1. The van der Waals surface area contributed by atoms with Crippen molar-refractivity contribution in [1.29, 1.82) is 0 Å². The van der Waals surface area contributed by atoms with Crippen LogP contribution in [0.15, 0.2) is 23.1 Å². The fraction of sp³-hybridized carbons (Fsp3) is 0.385. The van der Waals surface area contributed by atoms with Gasteiger partial charge in [0.1, 0.15) is 6.04 Å². The highest BCUT2D eigenvalue weighted by Crippen LogP contribution is 2.23. The smallest absolute Gasteiger partial charge is 0.327 e. The van der Waals surface area contributed by atoms with Gasteiger partial charge in [0, 0.05) is 17.6 Å². The Morgan fingerprint density at radius 2 is 2.06 bits per heavy atom. The quantitative estimate of drug-likeness (QED) is 0.801. The van der Waals surface area contributed by atoms with Crippen LogP contribution in [-0.4, -0.2) is 28.8 Å². The predicted molar refractivity (Wildman–Crippen MR) is 71.9 cm³/mol. The number of carboxylic acids is 1. The summed E-state index contributed by atoms with van der Waals surface area (Å²) in [6, 6.07) is 5.16. The van der Waals surface area contributed by atoms with Crippen LogP contribution in [-0.2, 0) is 9.59 Å². The molecule has 1 amide bonds. The number of carboxylic acid groups (broad SMARTS) is 1. The number of rotatable bonds is 5. The highest BCUT2D eigenvalue weighted by molar-refractivity contribution is 7.99. The van der Waals surface area contributed by atoms with Crippen LogP contribution in [0.5, 0.6) is 0 Å². The van der Waals surface area contributed by atoms with Crippen LogP contribution in [0, 0.1) is 13.8 Å².